The zero-order valence-corrected chi connectivity index (χ0v) is 8.97. The normalized spacial score (nSPS) is 20.1. The van der Waals surface area contributed by atoms with Crippen molar-refractivity contribution in [1.82, 2.24) is 5.16 Å². The Labute approximate surface area is 84.7 Å². The van der Waals surface area contributed by atoms with Gasteiger partial charge in [0.1, 0.15) is 5.76 Å². The Hall–Kier alpha value is -0.990. The molecule has 0 bridgehead atoms. The molecular weight excluding hydrogens is 176 g/mol. The molecule has 3 nitrogen and oxygen atoms in total. The predicted molar refractivity (Wildman–Crippen MR) is 56.1 cm³/mol. The third-order valence-electron chi connectivity index (χ3n) is 3.43. The van der Waals surface area contributed by atoms with Crippen molar-refractivity contribution >= 4 is 5.82 Å². The number of nitrogens with two attached hydrogens (primary N) is 1. The van der Waals surface area contributed by atoms with Crippen LogP contribution in [0.5, 0.6) is 0 Å². The van der Waals surface area contributed by atoms with Crippen LogP contribution in [0.15, 0.2) is 4.52 Å². The molecule has 0 unspecified atom stereocenters. The van der Waals surface area contributed by atoms with Crippen LogP contribution in [-0.4, -0.2) is 5.16 Å². The molecule has 78 valence electrons. The highest BCUT2D eigenvalue weighted by Gasteiger charge is 2.36. The van der Waals surface area contributed by atoms with Gasteiger partial charge in [0.2, 0.25) is 0 Å². The number of aromatic nitrogens is 1. The third kappa shape index (κ3) is 1.31. The molecule has 0 saturated heterocycles. The van der Waals surface area contributed by atoms with Crippen molar-refractivity contribution in [3.05, 3.63) is 11.3 Å². The zero-order valence-electron chi connectivity index (χ0n) is 8.97. The highest BCUT2D eigenvalue weighted by Crippen LogP contribution is 2.43. The van der Waals surface area contributed by atoms with Crippen LogP contribution < -0.4 is 5.73 Å². The fourth-order valence-corrected chi connectivity index (χ4v) is 2.52. The van der Waals surface area contributed by atoms with Crippen LogP contribution in [0.1, 0.15) is 50.9 Å². The van der Waals surface area contributed by atoms with Gasteiger partial charge in [-0.3, -0.25) is 0 Å². The average molecular weight is 194 g/mol. The Morgan fingerprint density at radius 3 is 2.64 bits per heavy atom. The summed E-state index contributed by atoms with van der Waals surface area (Å²) >= 11 is 0. The van der Waals surface area contributed by atoms with Crippen molar-refractivity contribution in [3.8, 4) is 0 Å². The lowest BCUT2D eigenvalue weighted by atomic mass is 9.83. The molecule has 1 aliphatic rings. The maximum Gasteiger partial charge on any atom is 0.170 e. The van der Waals surface area contributed by atoms with Crippen LogP contribution >= 0.6 is 0 Å². The lowest BCUT2D eigenvalue weighted by Gasteiger charge is -2.20. The number of anilines is 1. The van der Waals surface area contributed by atoms with E-state index in [4.69, 9.17) is 10.3 Å². The molecular formula is C11H18N2O. The lowest BCUT2D eigenvalue weighted by molar-refractivity contribution is 0.304. The standard InChI is InChI=1S/C11H18N2O/c1-3-8-9(14-13-10(8)12)11(2)6-4-5-7-11/h3-7H2,1-2H3,(H2,12,13). The SMILES string of the molecule is CCc1c(N)noc1C1(C)CCCC1. The lowest BCUT2D eigenvalue weighted by Crippen LogP contribution is -2.17. The molecule has 2 rings (SSSR count). The van der Waals surface area contributed by atoms with E-state index in [2.05, 4.69) is 19.0 Å². The average Bonchev–Trinajstić information content (AvgIpc) is 2.73. The van der Waals surface area contributed by atoms with E-state index in [0.717, 1.165) is 17.7 Å². The second-order valence-electron chi connectivity index (χ2n) is 4.50. The molecule has 0 atom stereocenters. The monoisotopic (exact) mass is 194 g/mol. The van der Waals surface area contributed by atoms with Gasteiger partial charge in [-0.05, 0) is 19.3 Å². The van der Waals surface area contributed by atoms with E-state index in [1.54, 1.807) is 0 Å². The van der Waals surface area contributed by atoms with E-state index < -0.39 is 0 Å². The van der Waals surface area contributed by atoms with Crippen molar-refractivity contribution in [2.45, 2.75) is 51.4 Å². The molecule has 0 spiro atoms. The van der Waals surface area contributed by atoms with Crippen molar-refractivity contribution in [2.24, 2.45) is 0 Å². The molecule has 0 amide bonds. The van der Waals surface area contributed by atoms with E-state index >= 15 is 0 Å². The number of nitrogens with zero attached hydrogens (tertiary/aromatic N) is 1. The van der Waals surface area contributed by atoms with Crippen LogP contribution in [0.2, 0.25) is 0 Å². The Morgan fingerprint density at radius 2 is 2.07 bits per heavy atom. The summed E-state index contributed by atoms with van der Waals surface area (Å²) in [6, 6.07) is 0. The third-order valence-corrected chi connectivity index (χ3v) is 3.43. The Morgan fingerprint density at radius 1 is 1.43 bits per heavy atom. The zero-order chi connectivity index (χ0) is 10.2. The molecule has 1 aromatic heterocycles. The van der Waals surface area contributed by atoms with E-state index in [9.17, 15) is 0 Å². The fourth-order valence-electron chi connectivity index (χ4n) is 2.52. The smallest absolute Gasteiger partial charge is 0.170 e. The molecule has 2 N–H and O–H groups in total. The van der Waals surface area contributed by atoms with Crippen molar-refractivity contribution in [3.63, 3.8) is 0 Å². The minimum Gasteiger partial charge on any atom is -0.381 e. The molecule has 1 heterocycles. The minimum atomic E-state index is 0.190. The summed E-state index contributed by atoms with van der Waals surface area (Å²) in [5, 5.41) is 3.88. The Kier molecular flexibility index (Phi) is 2.25. The second kappa shape index (κ2) is 3.30. The van der Waals surface area contributed by atoms with Gasteiger partial charge in [-0.15, -0.1) is 0 Å². The fraction of sp³-hybridized carbons (Fsp3) is 0.727. The molecule has 1 aliphatic carbocycles. The van der Waals surface area contributed by atoms with E-state index in [1.807, 2.05) is 0 Å². The van der Waals surface area contributed by atoms with Gasteiger partial charge in [0.25, 0.3) is 0 Å². The van der Waals surface area contributed by atoms with Gasteiger partial charge in [0.15, 0.2) is 5.82 Å². The first-order valence-corrected chi connectivity index (χ1v) is 5.42. The highest BCUT2D eigenvalue weighted by molar-refractivity contribution is 5.43. The summed E-state index contributed by atoms with van der Waals surface area (Å²) in [7, 11) is 0. The summed E-state index contributed by atoms with van der Waals surface area (Å²) in [5.74, 6) is 1.62. The topological polar surface area (TPSA) is 52.0 Å². The maximum atomic E-state index is 5.77. The maximum absolute atomic E-state index is 5.77. The summed E-state index contributed by atoms with van der Waals surface area (Å²) < 4.78 is 5.40. The summed E-state index contributed by atoms with van der Waals surface area (Å²) in [4.78, 5) is 0. The Balaban J connectivity index is 2.39. The first kappa shape index (κ1) is 9.56. The number of hydrogen-bond acceptors (Lipinski definition) is 3. The minimum absolute atomic E-state index is 0.190. The van der Waals surface area contributed by atoms with Gasteiger partial charge in [-0.2, -0.15) is 0 Å². The number of nitrogen functional groups attached to an aromatic ring is 1. The van der Waals surface area contributed by atoms with Gasteiger partial charge in [-0.25, -0.2) is 0 Å². The largest absolute Gasteiger partial charge is 0.381 e. The highest BCUT2D eigenvalue weighted by atomic mass is 16.5. The quantitative estimate of drug-likeness (QED) is 0.787. The Bertz CT molecular complexity index is 324. The van der Waals surface area contributed by atoms with Crippen LogP contribution in [0, 0.1) is 0 Å². The van der Waals surface area contributed by atoms with Crippen molar-refractivity contribution in [2.75, 3.05) is 5.73 Å². The molecule has 14 heavy (non-hydrogen) atoms. The molecule has 0 aromatic carbocycles. The molecule has 3 heteroatoms. The first-order valence-electron chi connectivity index (χ1n) is 5.42. The van der Waals surface area contributed by atoms with Gasteiger partial charge in [0.05, 0.1) is 0 Å². The van der Waals surface area contributed by atoms with Crippen molar-refractivity contribution in [1.29, 1.82) is 0 Å². The van der Waals surface area contributed by atoms with Gasteiger partial charge < -0.3 is 10.3 Å². The van der Waals surface area contributed by atoms with Crippen LogP contribution in [0.3, 0.4) is 0 Å². The molecule has 0 aliphatic heterocycles. The summed E-state index contributed by atoms with van der Waals surface area (Å²) in [6.45, 7) is 4.36. The van der Waals surface area contributed by atoms with Crippen LogP contribution in [-0.2, 0) is 11.8 Å². The van der Waals surface area contributed by atoms with E-state index in [0.29, 0.717) is 5.82 Å². The predicted octanol–water partition coefficient (Wildman–Crippen LogP) is 2.65. The molecule has 0 radical (unpaired) electrons. The van der Waals surface area contributed by atoms with Gasteiger partial charge in [-0.1, -0.05) is 31.8 Å². The number of hydrogen-bond donors (Lipinski definition) is 1. The van der Waals surface area contributed by atoms with E-state index in [-0.39, 0.29) is 5.41 Å². The number of rotatable bonds is 2. The van der Waals surface area contributed by atoms with E-state index in [1.165, 1.54) is 25.7 Å². The van der Waals surface area contributed by atoms with Gasteiger partial charge >= 0.3 is 0 Å². The second-order valence-corrected chi connectivity index (χ2v) is 4.50. The van der Waals surface area contributed by atoms with Crippen molar-refractivity contribution < 1.29 is 4.52 Å². The molecule has 1 aromatic rings. The summed E-state index contributed by atoms with van der Waals surface area (Å²) in [6.07, 6.45) is 5.91. The van der Waals surface area contributed by atoms with Gasteiger partial charge in [0, 0.05) is 11.0 Å². The van der Waals surface area contributed by atoms with Crippen LogP contribution in [0.25, 0.3) is 0 Å². The molecule has 1 fully saturated rings. The first-order chi connectivity index (χ1) is 6.67. The van der Waals surface area contributed by atoms with Crippen LogP contribution in [0.4, 0.5) is 5.82 Å². The summed E-state index contributed by atoms with van der Waals surface area (Å²) in [5.41, 5.74) is 7.08. The molecule has 1 saturated carbocycles.